The predicted molar refractivity (Wildman–Crippen MR) is 76.9 cm³/mol. The molecule has 2 N–H and O–H groups in total. The summed E-state index contributed by atoms with van der Waals surface area (Å²) >= 11 is 5.69. The quantitative estimate of drug-likeness (QED) is 0.803. The molecule has 112 valence electrons. The number of benzene rings is 1. The van der Waals surface area contributed by atoms with E-state index in [1.807, 2.05) is 0 Å². The normalized spacial score (nSPS) is 11.6. The number of ether oxygens (including phenoxy) is 1. The lowest BCUT2D eigenvalue weighted by Crippen LogP contribution is -2.22. The van der Waals surface area contributed by atoms with E-state index in [1.54, 1.807) is 13.8 Å². The molecule has 1 aromatic rings. The zero-order valence-electron chi connectivity index (χ0n) is 11.1. The van der Waals surface area contributed by atoms with Crippen molar-refractivity contribution in [2.75, 3.05) is 17.1 Å². The van der Waals surface area contributed by atoms with E-state index >= 15 is 0 Å². The van der Waals surface area contributed by atoms with Crippen molar-refractivity contribution in [2.24, 2.45) is 0 Å². The van der Waals surface area contributed by atoms with E-state index in [0.717, 1.165) is 0 Å². The van der Waals surface area contributed by atoms with E-state index in [2.05, 4.69) is 4.72 Å². The zero-order chi connectivity index (χ0) is 15.3. The van der Waals surface area contributed by atoms with Gasteiger partial charge in [-0.1, -0.05) is 11.6 Å². The van der Waals surface area contributed by atoms with Crippen LogP contribution >= 0.6 is 11.6 Å². The van der Waals surface area contributed by atoms with Crippen LogP contribution in [0.1, 0.15) is 24.2 Å². The summed E-state index contributed by atoms with van der Waals surface area (Å²) in [4.78, 5) is 11.0. The molecule has 0 atom stereocenters. The molecule has 8 heteroatoms. The summed E-state index contributed by atoms with van der Waals surface area (Å²) in [6, 6.07) is 3.91. The maximum absolute atomic E-state index is 11.8. The smallest absolute Gasteiger partial charge is 0.337 e. The molecule has 0 aliphatic rings. The number of carboxylic acid groups (broad SMARTS) is 1. The zero-order valence-corrected chi connectivity index (χ0v) is 12.7. The molecule has 0 bridgehead atoms. The van der Waals surface area contributed by atoms with Crippen LogP contribution in [0.5, 0.6) is 0 Å². The van der Waals surface area contributed by atoms with Gasteiger partial charge < -0.3 is 9.84 Å². The van der Waals surface area contributed by atoms with E-state index in [-0.39, 0.29) is 34.7 Å². The van der Waals surface area contributed by atoms with E-state index in [4.69, 9.17) is 21.4 Å². The van der Waals surface area contributed by atoms with Crippen molar-refractivity contribution in [2.45, 2.75) is 20.0 Å². The van der Waals surface area contributed by atoms with Crippen molar-refractivity contribution < 1.29 is 23.1 Å². The highest BCUT2D eigenvalue weighted by Crippen LogP contribution is 2.21. The summed E-state index contributed by atoms with van der Waals surface area (Å²) in [6.45, 7) is 3.62. The lowest BCUT2D eigenvalue weighted by Gasteiger charge is -2.12. The topological polar surface area (TPSA) is 92.7 Å². The standard InChI is InChI=1S/C12H16ClNO5S/c1-8(2)19-5-6-20(17,18)14-11-4-3-9(13)7-10(11)12(15)16/h3-4,7-8,14H,5-6H2,1-2H3,(H,15,16). The van der Waals surface area contributed by atoms with Crippen LogP contribution in [0.15, 0.2) is 18.2 Å². The van der Waals surface area contributed by atoms with Crippen molar-refractivity contribution in [1.29, 1.82) is 0 Å². The van der Waals surface area contributed by atoms with Gasteiger partial charge in [0.15, 0.2) is 0 Å². The highest BCUT2D eigenvalue weighted by molar-refractivity contribution is 7.92. The van der Waals surface area contributed by atoms with Crippen LogP contribution in [-0.2, 0) is 14.8 Å². The fraction of sp³-hybridized carbons (Fsp3) is 0.417. The average Bonchev–Trinajstić information content (AvgIpc) is 2.30. The van der Waals surface area contributed by atoms with Crippen molar-refractivity contribution in [3.8, 4) is 0 Å². The molecule has 0 saturated carbocycles. The van der Waals surface area contributed by atoms with E-state index < -0.39 is 16.0 Å². The maximum Gasteiger partial charge on any atom is 0.337 e. The number of aromatic carboxylic acids is 1. The molecule has 6 nitrogen and oxygen atoms in total. The SMILES string of the molecule is CC(C)OCCS(=O)(=O)Nc1ccc(Cl)cc1C(=O)O. The van der Waals surface area contributed by atoms with E-state index in [1.165, 1.54) is 18.2 Å². The fourth-order valence-corrected chi connectivity index (χ4v) is 2.50. The Morgan fingerprint density at radius 3 is 2.65 bits per heavy atom. The van der Waals surface area contributed by atoms with Gasteiger partial charge >= 0.3 is 5.97 Å². The van der Waals surface area contributed by atoms with Gasteiger partial charge in [-0.25, -0.2) is 13.2 Å². The first-order valence-electron chi connectivity index (χ1n) is 5.86. The number of halogens is 1. The minimum Gasteiger partial charge on any atom is -0.478 e. The first kappa shape index (κ1) is 16.7. The molecule has 0 radical (unpaired) electrons. The van der Waals surface area contributed by atoms with Crippen LogP contribution in [0.2, 0.25) is 5.02 Å². The van der Waals surface area contributed by atoms with Gasteiger partial charge in [-0.3, -0.25) is 4.72 Å². The Labute approximate surface area is 122 Å². The van der Waals surface area contributed by atoms with Gasteiger partial charge in [-0.2, -0.15) is 0 Å². The van der Waals surface area contributed by atoms with Gasteiger partial charge in [0.2, 0.25) is 10.0 Å². The van der Waals surface area contributed by atoms with Gasteiger partial charge in [-0.05, 0) is 32.0 Å². The third-order valence-corrected chi connectivity index (χ3v) is 3.75. The second-order valence-corrected chi connectivity index (χ2v) is 6.61. The first-order chi connectivity index (χ1) is 9.21. The number of hydrogen-bond donors (Lipinski definition) is 2. The number of sulfonamides is 1. The number of nitrogens with one attached hydrogen (secondary N) is 1. The number of rotatable bonds is 7. The third kappa shape index (κ3) is 5.36. The Morgan fingerprint density at radius 1 is 1.45 bits per heavy atom. The maximum atomic E-state index is 11.8. The van der Waals surface area contributed by atoms with Gasteiger partial charge in [0, 0.05) is 5.02 Å². The first-order valence-corrected chi connectivity index (χ1v) is 7.89. The molecule has 0 heterocycles. The average molecular weight is 322 g/mol. The second-order valence-electron chi connectivity index (χ2n) is 4.34. The summed E-state index contributed by atoms with van der Waals surface area (Å²) < 4.78 is 31.0. The molecule has 20 heavy (non-hydrogen) atoms. The number of carboxylic acids is 1. The second kappa shape index (κ2) is 6.92. The summed E-state index contributed by atoms with van der Waals surface area (Å²) in [6.07, 6.45) is -0.0738. The van der Waals surface area contributed by atoms with Gasteiger partial charge in [0.05, 0.1) is 29.7 Å². The van der Waals surface area contributed by atoms with Crippen molar-refractivity contribution in [3.05, 3.63) is 28.8 Å². The lowest BCUT2D eigenvalue weighted by atomic mass is 10.2. The highest BCUT2D eigenvalue weighted by atomic mass is 35.5. The molecule has 0 saturated heterocycles. The van der Waals surface area contributed by atoms with Crippen LogP contribution in [0, 0.1) is 0 Å². The summed E-state index contributed by atoms with van der Waals surface area (Å²) in [5, 5.41) is 9.23. The van der Waals surface area contributed by atoms with Crippen molar-refractivity contribution in [3.63, 3.8) is 0 Å². The Kier molecular flexibility index (Phi) is 5.79. The minimum absolute atomic E-state index is 0.0218. The number of carbonyl (C=O) groups is 1. The molecular weight excluding hydrogens is 306 g/mol. The molecule has 0 spiro atoms. The molecule has 1 rings (SSSR count). The van der Waals surface area contributed by atoms with Gasteiger partial charge in [0.25, 0.3) is 0 Å². The predicted octanol–water partition coefficient (Wildman–Crippen LogP) is 2.20. The molecule has 0 amide bonds. The molecule has 0 aliphatic heterocycles. The van der Waals surface area contributed by atoms with Gasteiger partial charge in [-0.15, -0.1) is 0 Å². The fourth-order valence-electron chi connectivity index (χ4n) is 1.39. The largest absolute Gasteiger partial charge is 0.478 e. The Balaban J connectivity index is 2.84. The van der Waals surface area contributed by atoms with E-state index in [9.17, 15) is 13.2 Å². The Hall–Kier alpha value is -1.31. The minimum atomic E-state index is -3.68. The lowest BCUT2D eigenvalue weighted by molar-refractivity contribution is 0.0698. The van der Waals surface area contributed by atoms with Crippen molar-refractivity contribution in [1.82, 2.24) is 0 Å². The monoisotopic (exact) mass is 321 g/mol. The molecule has 1 aromatic carbocycles. The third-order valence-electron chi connectivity index (χ3n) is 2.28. The molecule has 0 unspecified atom stereocenters. The Morgan fingerprint density at radius 2 is 2.10 bits per heavy atom. The molecule has 0 aromatic heterocycles. The van der Waals surface area contributed by atoms with Gasteiger partial charge in [0.1, 0.15) is 0 Å². The summed E-state index contributed by atoms with van der Waals surface area (Å²) in [5.74, 6) is -1.52. The highest BCUT2D eigenvalue weighted by Gasteiger charge is 2.17. The summed E-state index contributed by atoms with van der Waals surface area (Å²) in [5.41, 5.74) is -0.225. The van der Waals surface area contributed by atoms with Crippen LogP contribution < -0.4 is 4.72 Å². The number of hydrogen-bond acceptors (Lipinski definition) is 4. The molecule has 0 aliphatic carbocycles. The van der Waals surface area contributed by atoms with Crippen LogP contribution in [0.3, 0.4) is 0 Å². The van der Waals surface area contributed by atoms with Crippen LogP contribution in [0.25, 0.3) is 0 Å². The van der Waals surface area contributed by atoms with Crippen LogP contribution in [-0.4, -0.2) is 38.0 Å². The summed E-state index contributed by atoms with van der Waals surface area (Å²) in [7, 11) is -3.68. The van der Waals surface area contributed by atoms with Crippen molar-refractivity contribution >= 4 is 33.3 Å². The Bertz CT molecular complexity index is 586. The van der Waals surface area contributed by atoms with E-state index in [0.29, 0.717) is 0 Å². The van der Waals surface area contributed by atoms with Crippen LogP contribution in [0.4, 0.5) is 5.69 Å². The number of anilines is 1. The molecule has 0 fully saturated rings. The molecular formula is C12H16ClNO5S.